The number of halogens is 2. The lowest BCUT2D eigenvalue weighted by Gasteiger charge is -2.14. The van der Waals surface area contributed by atoms with Crippen molar-refractivity contribution < 1.29 is 9.72 Å². The number of rotatable bonds is 4. The lowest BCUT2D eigenvalue weighted by molar-refractivity contribution is -0.385. The summed E-state index contributed by atoms with van der Waals surface area (Å²) < 4.78 is 0.524. The Morgan fingerprint density at radius 1 is 1.40 bits per heavy atom. The molecular formula is C13H14Br2N2O3. The largest absolute Gasteiger partial charge is 0.352 e. The van der Waals surface area contributed by atoms with Crippen LogP contribution in [0.15, 0.2) is 22.7 Å². The number of nitrogens with one attached hydrogen (secondary N) is 1. The Morgan fingerprint density at radius 3 is 2.75 bits per heavy atom. The number of hydrogen-bond acceptors (Lipinski definition) is 3. The van der Waals surface area contributed by atoms with E-state index in [1.54, 1.807) is 6.07 Å². The van der Waals surface area contributed by atoms with Gasteiger partial charge in [0.2, 0.25) is 0 Å². The van der Waals surface area contributed by atoms with Gasteiger partial charge in [-0.1, -0.05) is 38.3 Å². The summed E-state index contributed by atoms with van der Waals surface area (Å²) in [5, 5.41) is 13.6. The van der Waals surface area contributed by atoms with Gasteiger partial charge in [-0.15, -0.1) is 0 Å². The fraction of sp³-hybridized carbons (Fsp3) is 0.462. The highest BCUT2D eigenvalue weighted by molar-refractivity contribution is 9.10. The van der Waals surface area contributed by atoms with E-state index >= 15 is 0 Å². The van der Waals surface area contributed by atoms with Gasteiger partial charge in [0.25, 0.3) is 11.6 Å². The van der Waals surface area contributed by atoms with Gasteiger partial charge in [-0.2, -0.15) is 0 Å². The molecule has 0 aromatic heterocycles. The van der Waals surface area contributed by atoms with Crippen LogP contribution in [0.2, 0.25) is 0 Å². The molecule has 108 valence electrons. The summed E-state index contributed by atoms with van der Waals surface area (Å²) in [6.07, 6.45) is 3.39. The molecule has 2 atom stereocenters. The summed E-state index contributed by atoms with van der Waals surface area (Å²) in [4.78, 5) is 22.8. The minimum Gasteiger partial charge on any atom is -0.352 e. The van der Waals surface area contributed by atoms with Crippen LogP contribution in [0.1, 0.15) is 29.6 Å². The minimum absolute atomic E-state index is 0.0937. The highest BCUT2D eigenvalue weighted by Crippen LogP contribution is 2.31. The predicted octanol–water partition coefficient (Wildman–Crippen LogP) is 3.65. The average molecular weight is 406 g/mol. The van der Waals surface area contributed by atoms with Crippen LogP contribution in [0.25, 0.3) is 0 Å². The topological polar surface area (TPSA) is 72.2 Å². The Labute approximate surface area is 133 Å². The quantitative estimate of drug-likeness (QED) is 0.472. The van der Waals surface area contributed by atoms with Crippen molar-refractivity contribution in [3.05, 3.63) is 38.3 Å². The Bertz CT molecular complexity index is 536. The molecule has 1 fully saturated rings. The molecule has 1 aromatic rings. The highest BCUT2D eigenvalue weighted by Gasteiger charge is 2.25. The molecular weight excluding hydrogens is 392 g/mol. The third-order valence-corrected chi connectivity index (χ3v) is 5.11. The third-order valence-electron chi connectivity index (χ3n) is 3.45. The van der Waals surface area contributed by atoms with E-state index in [1.165, 1.54) is 18.6 Å². The lowest BCUT2D eigenvalue weighted by Crippen LogP contribution is -2.31. The zero-order chi connectivity index (χ0) is 14.7. The van der Waals surface area contributed by atoms with Gasteiger partial charge in [-0.05, 0) is 24.8 Å². The molecule has 0 spiro atoms. The Morgan fingerprint density at radius 2 is 2.15 bits per heavy atom. The number of alkyl halides is 1. The summed E-state index contributed by atoms with van der Waals surface area (Å²) >= 11 is 6.79. The van der Waals surface area contributed by atoms with E-state index in [0.717, 1.165) is 12.8 Å². The lowest BCUT2D eigenvalue weighted by atomic mass is 10.1. The SMILES string of the molecule is O=C(NCC1CCCC1Br)c1cc(Br)cc([N+](=O)[O-])c1. The molecule has 0 radical (unpaired) electrons. The second kappa shape index (κ2) is 6.67. The molecule has 0 bridgehead atoms. The number of non-ortho nitro benzene ring substituents is 1. The van der Waals surface area contributed by atoms with E-state index in [1.807, 2.05) is 0 Å². The van der Waals surface area contributed by atoms with Crippen molar-refractivity contribution in [3.63, 3.8) is 0 Å². The van der Waals surface area contributed by atoms with Crippen molar-refractivity contribution in [2.45, 2.75) is 24.1 Å². The first-order chi connectivity index (χ1) is 9.47. The van der Waals surface area contributed by atoms with E-state index in [9.17, 15) is 14.9 Å². The van der Waals surface area contributed by atoms with Crippen LogP contribution in [0.4, 0.5) is 5.69 Å². The number of carbonyl (C=O) groups is 1. The summed E-state index contributed by atoms with van der Waals surface area (Å²) in [6, 6.07) is 4.26. The van der Waals surface area contributed by atoms with E-state index in [-0.39, 0.29) is 11.6 Å². The monoisotopic (exact) mass is 404 g/mol. The van der Waals surface area contributed by atoms with Crippen molar-refractivity contribution >= 4 is 43.5 Å². The third kappa shape index (κ3) is 3.79. The average Bonchev–Trinajstić information content (AvgIpc) is 2.80. The molecule has 1 saturated carbocycles. The fourth-order valence-electron chi connectivity index (χ4n) is 2.36. The number of nitro benzene ring substituents is 1. The van der Waals surface area contributed by atoms with Gasteiger partial charge in [0.15, 0.2) is 0 Å². The van der Waals surface area contributed by atoms with Crippen molar-refractivity contribution in [2.75, 3.05) is 6.54 Å². The van der Waals surface area contributed by atoms with Gasteiger partial charge in [0.05, 0.1) is 4.92 Å². The number of amides is 1. The highest BCUT2D eigenvalue weighted by atomic mass is 79.9. The summed E-state index contributed by atoms with van der Waals surface area (Å²) in [5.41, 5.74) is 0.207. The number of nitrogens with zero attached hydrogens (tertiary/aromatic N) is 1. The normalized spacial score (nSPS) is 21.7. The van der Waals surface area contributed by atoms with Gasteiger partial charge in [0.1, 0.15) is 0 Å². The fourth-order valence-corrected chi connectivity index (χ4v) is 3.61. The molecule has 1 aliphatic rings. The van der Waals surface area contributed by atoms with Gasteiger partial charge in [0, 0.05) is 33.5 Å². The molecule has 7 heteroatoms. The van der Waals surface area contributed by atoms with Gasteiger partial charge < -0.3 is 5.32 Å². The maximum absolute atomic E-state index is 12.1. The van der Waals surface area contributed by atoms with E-state index in [4.69, 9.17) is 0 Å². The van der Waals surface area contributed by atoms with Crippen LogP contribution in [-0.2, 0) is 0 Å². The van der Waals surface area contributed by atoms with Crippen molar-refractivity contribution in [2.24, 2.45) is 5.92 Å². The van der Waals surface area contributed by atoms with Crippen LogP contribution < -0.4 is 5.32 Å². The predicted molar refractivity (Wildman–Crippen MR) is 83.2 cm³/mol. The first-order valence-corrected chi connectivity index (χ1v) is 8.05. The maximum Gasteiger partial charge on any atom is 0.271 e. The van der Waals surface area contributed by atoms with Crippen molar-refractivity contribution in [1.82, 2.24) is 5.32 Å². The van der Waals surface area contributed by atoms with Crippen LogP contribution in [-0.4, -0.2) is 22.2 Å². The van der Waals surface area contributed by atoms with Crippen molar-refractivity contribution in [1.29, 1.82) is 0 Å². The summed E-state index contributed by atoms with van der Waals surface area (Å²) in [7, 11) is 0. The van der Waals surface area contributed by atoms with Gasteiger partial charge >= 0.3 is 0 Å². The molecule has 1 N–H and O–H groups in total. The number of benzene rings is 1. The van der Waals surface area contributed by atoms with Gasteiger partial charge in [-0.3, -0.25) is 14.9 Å². The zero-order valence-corrected chi connectivity index (χ0v) is 13.8. The summed E-state index contributed by atoms with van der Waals surface area (Å²) in [6.45, 7) is 0.592. The molecule has 2 unspecified atom stereocenters. The Hall–Kier alpha value is -0.950. The number of carbonyl (C=O) groups excluding carboxylic acids is 1. The Kier molecular flexibility index (Phi) is 5.15. The zero-order valence-electron chi connectivity index (χ0n) is 10.6. The summed E-state index contributed by atoms with van der Waals surface area (Å²) in [5.74, 6) is 0.155. The van der Waals surface area contributed by atoms with Crippen LogP contribution in [0.3, 0.4) is 0 Å². The molecule has 1 aromatic carbocycles. The molecule has 5 nitrogen and oxygen atoms in total. The molecule has 1 aliphatic carbocycles. The molecule has 2 rings (SSSR count). The van der Waals surface area contributed by atoms with Crippen LogP contribution >= 0.6 is 31.9 Å². The molecule has 0 saturated heterocycles. The standard InChI is InChI=1S/C13H14Br2N2O3/c14-10-4-9(5-11(6-10)17(19)20)13(18)16-7-8-2-1-3-12(8)15/h4-6,8,12H,1-3,7H2,(H,16,18). The number of nitro groups is 1. The molecule has 0 aliphatic heterocycles. The number of hydrogen-bond donors (Lipinski definition) is 1. The van der Waals surface area contributed by atoms with E-state index < -0.39 is 4.92 Å². The maximum atomic E-state index is 12.1. The first-order valence-electron chi connectivity index (χ1n) is 6.34. The molecule has 1 amide bonds. The van der Waals surface area contributed by atoms with Crippen molar-refractivity contribution in [3.8, 4) is 0 Å². The first kappa shape index (κ1) is 15.4. The van der Waals surface area contributed by atoms with E-state index in [0.29, 0.717) is 27.3 Å². The van der Waals surface area contributed by atoms with Crippen LogP contribution in [0.5, 0.6) is 0 Å². The minimum atomic E-state index is -0.507. The molecule has 0 heterocycles. The smallest absolute Gasteiger partial charge is 0.271 e. The van der Waals surface area contributed by atoms with E-state index in [2.05, 4.69) is 37.2 Å². The second-order valence-electron chi connectivity index (χ2n) is 4.87. The second-order valence-corrected chi connectivity index (χ2v) is 6.96. The van der Waals surface area contributed by atoms with Gasteiger partial charge in [-0.25, -0.2) is 0 Å². The molecule has 20 heavy (non-hydrogen) atoms. The van der Waals surface area contributed by atoms with Crippen LogP contribution in [0, 0.1) is 16.0 Å². The Balaban J connectivity index is 2.03.